The number of aryl methyl sites for hydroxylation is 1. The second kappa shape index (κ2) is 8.07. The zero-order chi connectivity index (χ0) is 20.5. The van der Waals surface area contributed by atoms with Gasteiger partial charge in [-0.25, -0.2) is 12.7 Å². The first-order valence-electron chi connectivity index (χ1n) is 9.35. The van der Waals surface area contributed by atoms with Gasteiger partial charge in [-0.2, -0.15) is 0 Å². The van der Waals surface area contributed by atoms with Crippen molar-refractivity contribution in [1.29, 1.82) is 0 Å². The molecule has 0 fully saturated rings. The van der Waals surface area contributed by atoms with Crippen LogP contribution in [0.15, 0.2) is 34.8 Å². The van der Waals surface area contributed by atoms with Gasteiger partial charge >= 0.3 is 0 Å². The molecule has 0 saturated carbocycles. The maximum atomic E-state index is 12.9. The molecule has 2 N–H and O–H groups in total. The molecule has 150 valence electrons. The predicted octanol–water partition coefficient (Wildman–Crippen LogP) is 4.32. The van der Waals surface area contributed by atoms with Crippen molar-refractivity contribution in [2.75, 3.05) is 14.1 Å². The average molecular weight is 394 g/mol. The summed E-state index contributed by atoms with van der Waals surface area (Å²) in [5.41, 5.74) is 2.83. The lowest BCUT2D eigenvalue weighted by atomic mass is 9.73. The molecule has 1 aromatic carbocycles. The SMILES string of the molecule is C=C(C)C1CCC(C)=CC1c1c(O)cc(CCC)c(S(=O)(=O)N(C)C)c1O. The Hall–Kier alpha value is -1.79. The van der Waals surface area contributed by atoms with Crippen LogP contribution in [-0.4, -0.2) is 37.0 Å². The van der Waals surface area contributed by atoms with Crippen molar-refractivity contribution in [2.45, 2.75) is 57.3 Å². The molecule has 6 heteroatoms. The van der Waals surface area contributed by atoms with E-state index in [-0.39, 0.29) is 33.8 Å². The molecule has 0 spiro atoms. The molecule has 2 unspecified atom stereocenters. The number of phenolic OH excluding ortho intramolecular Hbond substituents is 2. The number of benzene rings is 1. The van der Waals surface area contributed by atoms with Crippen molar-refractivity contribution in [3.8, 4) is 11.5 Å². The summed E-state index contributed by atoms with van der Waals surface area (Å²) in [6.07, 6.45) is 4.95. The Labute approximate surface area is 163 Å². The van der Waals surface area contributed by atoms with Crippen LogP contribution >= 0.6 is 0 Å². The minimum absolute atomic E-state index is 0.0393. The van der Waals surface area contributed by atoms with Crippen molar-refractivity contribution in [2.24, 2.45) is 5.92 Å². The Morgan fingerprint density at radius 2 is 1.96 bits per heavy atom. The molecule has 2 rings (SSSR count). The molecule has 0 aliphatic heterocycles. The first-order valence-corrected chi connectivity index (χ1v) is 10.8. The molecular formula is C21H31NO4S. The summed E-state index contributed by atoms with van der Waals surface area (Å²) in [6, 6.07) is 1.50. The van der Waals surface area contributed by atoms with Crippen LogP contribution in [0.1, 0.15) is 57.1 Å². The molecule has 1 aromatic rings. The molecule has 1 aliphatic rings. The molecule has 0 aromatic heterocycles. The van der Waals surface area contributed by atoms with Crippen molar-refractivity contribution in [1.82, 2.24) is 4.31 Å². The molecule has 0 saturated heterocycles. The largest absolute Gasteiger partial charge is 0.507 e. The van der Waals surface area contributed by atoms with Crippen molar-refractivity contribution >= 4 is 10.0 Å². The standard InChI is InChI=1S/C21H31NO4S/c1-7-8-15-12-18(23)19(20(24)21(15)27(25,26)22(5)6)17-11-14(4)9-10-16(17)13(2)3/h11-12,16-17,23-24H,2,7-10H2,1,3-6H3. The highest BCUT2D eigenvalue weighted by Crippen LogP contribution is 2.49. The van der Waals surface area contributed by atoms with Crippen LogP contribution in [0.5, 0.6) is 11.5 Å². The third-order valence-electron chi connectivity index (χ3n) is 5.32. The lowest BCUT2D eigenvalue weighted by molar-refractivity contribution is 0.395. The van der Waals surface area contributed by atoms with Gasteiger partial charge in [-0.3, -0.25) is 0 Å². The molecule has 0 bridgehead atoms. The molecule has 5 nitrogen and oxygen atoms in total. The fraction of sp³-hybridized carbons (Fsp3) is 0.524. The lowest BCUT2D eigenvalue weighted by Gasteiger charge is -2.32. The first kappa shape index (κ1) is 21.5. The van der Waals surface area contributed by atoms with E-state index in [1.807, 2.05) is 26.8 Å². The topological polar surface area (TPSA) is 77.8 Å². The maximum absolute atomic E-state index is 12.9. The van der Waals surface area contributed by atoms with E-state index >= 15 is 0 Å². The molecule has 2 atom stereocenters. The van der Waals surface area contributed by atoms with Gasteiger partial charge in [0, 0.05) is 25.6 Å². The second-order valence-electron chi connectivity index (χ2n) is 7.71. The molecular weight excluding hydrogens is 362 g/mol. The van der Waals surface area contributed by atoms with E-state index in [2.05, 4.69) is 6.58 Å². The van der Waals surface area contributed by atoms with Crippen LogP contribution in [0.2, 0.25) is 0 Å². The highest BCUT2D eigenvalue weighted by Gasteiger charge is 2.35. The Morgan fingerprint density at radius 3 is 2.48 bits per heavy atom. The molecule has 0 amide bonds. The van der Waals surface area contributed by atoms with Gasteiger partial charge in [0.05, 0.1) is 0 Å². The summed E-state index contributed by atoms with van der Waals surface area (Å²) in [7, 11) is -0.975. The minimum atomic E-state index is -3.86. The molecule has 0 heterocycles. The highest BCUT2D eigenvalue weighted by atomic mass is 32.2. The van der Waals surface area contributed by atoms with E-state index in [0.29, 0.717) is 18.4 Å². The van der Waals surface area contributed by atoms with Gasteiger partial charge < -0.3 is 10.2 Å². The summed E-state index contributed by atoms with van der Waals surface area (Å²) >= 11 is 0. The smallest absolute Gasteiger partial charge is 0.246 e. The summed E-state index contributed by atoms with van der Waals surface area (Å²) in [6.45, 7) is 9.94. The van der Waals surface area contributed by atoms with Crippen molar-refractivity contribution < 1.29 is 18.6 Å². The van der Waals surface area contributed by atoms with Gasteiger partial charge in [-0.15, -0.1) is 0 Å². The Kier molecular flexibility index (Phi) is 6.43. The highest BCUT2D eigenvalue weighted by molar-refractivity contribution is 7.89. The van der Waals surface area contributed by atoms with Gasteiger partial charge in [-0.05, 0) is 50.7 Å². The quantitative estimate of drug-likeness (QED) is 0.706. The average Bonchev–Trinajstić information content (AvgIpc) is 2.54. The third kappa shape index (κ3) is 4.06. The number of hydrogen-bond donors (Lipinski definition) is 2. The third-order valence-corrected chi connectivity index (χ3v) is 7.25. The van der Waals surface area contributed by atoms with Crippen LogP contribution in [0, 0.1) is 5.92 Å². The van der Waals surface area contributed by atoms with Gasteiger partial charge in [0.15, 0.2) is 0 Å². The van der Waals surface area contributed by atoms with E-state index in [4.69, 9.17) is 0 Å². The second-order valence-corrected chi connectivity index (χ2v) is 9.80. The van der Waals surface area contributed by atoms with Gasteiger partial charge in [-0.1, -0.05) is 37.1 Å². The fourth-order valence-corrected chi connectivity index (χ4v) is 5.08. The van der Waals surface area contributed by atoms with Crippen LogP contribution in [-0.2, 0) is 16.4 Å². The molecule has 27 heavy (non-hydrogen) atoms. The number of phenols is 2. The van der Waals surface area contributed by atoms with E-state index in [0.717, 1.165) is 28.3 Å². The van der Waals surface area contributed by atoms with E-state index in [1.165, 1.54) is 20.2 Å². The monoisotopic (exact) mass is 393 g/mol. The van der Waals surface area contributed by atoms with Gasteiger partial charge in [0.1, 0.15) is 16.4 Å². The van der Waals surface area contributed by atoms with Crippen LogP contribution in [0.3, 0.4) is 0 Å². The summed E-state index contributed by atoms with van der Waals surface area (Å²) < 4.78 is 26.9. The number of rotatable bonds is 6. The van der Waals surface area contributed by atoms with Crippen LogP contribution in [0.25, 0.3) is 0 Å². The minimum Gasteiger partial charge on any atom is -0.507 e. The van der Waals surface area contributed by atoms with Crippen LogP contribution < -0.4 is 0 Å². The fourth-order valence-electron chi connectivity index (χ4n) is 3.86. The van der Waals surface area contributed by atoms with E-state index < -0.39 is 10.0 Å². The van der Waals surface area contributed by atoms with Crippen molar-refractivity contribution in [3.05, 3.63) is 41.0 Å². The van der Waals surface area contributed by atoms with Gasteiger partial charge in [0.25, 0.3) is 0 Å². The number of aromatic hydroxyl groups is 2. The molecule has 0 radical (unpaired) electrons. The number of sulfonamides is 1. The summed E-state index contributed by atoms with van der Waals surface area (Å²) in [5, 5.41) is 21.8. The van der Waals surface area contributed by atoms with Gasteiger partial charge in [0.2, 0.25) is 10.0 Å². The first-order chi connectivity index (χ1) is 12.5. The zero-order valence-corrected chi connectivity index (χ0v) is 17.7. The maximum Gasteiger partial charge on any atom is 0.246 e. The Bertz CT molecular complexity index is 869. The Balaban J connectivity index is 2.82. The summed E-state index contributed by atoms with van der Waals surface area (Å²) in [5.74, 6) is -0.661. The van der Waals surface area contributed by atoms with Crippen molar-refractivity contribution in [3.63, 3.8) is 0 Å². The normalized spacial score (nSPS) is 20.6. The number of nitrogens with zero attached hydrogens (tertiary/aromatic N) is 1. The summed E-state index contributed by atoms with van der Waals surface area (Å²) in [4.78, 5) is -0.0979. The van der Waals surface area contributed by atoms with Crippen LogP contribution in [0.4, 0.5) is 0 Å². The van der Waals surface area contributed by atoms with E-state index in [9.17, 15) is 18.6 Å². The number of allylic oxidation sites excluding steroid dienone is 3. The zero-order valence-electron chi connectivity index (χ0n) is 16.9. The predicted molar refractivity (Wildman–Crippen MR) is 109 cm³/mol. The number of hydrogen-bond acceptors (Lipinski definition) is 4. The molecule has 1 aliphatic carbocycles. The van der Waals surface area contributed by atoms with E-state index in [1.54, 1.807) is 0 Å². The lowest BCUT2D eigenvalue weighted by Crippen LogP contribution is -2.25. The Morgan fingerprint density at radius 1 is 1.33 bits per heavy atom.